The number of ether oxygens (including phenoxy) is 1. The third-order valence-corrected chi connectivity index (χ3v) is 3.71. The normalized spacial score (nSPS) is 16.6. The van der Waals surface area contributed by atoms with Gasteiger partial charge in [-0.15, -0.1) is 0 Å². The summed E-state index contributed by atoms with van der Waals surface area (Å²) in [4.78, 5) is 2.48. The number of fused-ring (bicyclic) bond motifs is 1. The number of hydrogen-bond donors (Lipinski definition) is 0. The Labute approximate surface area is 115 Å². The Hall–Kier alpha value is -1.54. The van der Waals surface area contributed by atoms with Gasteiger partial charge in [-0.1, -0.05) is 36.4 Å². The zero-order valence-electron chi connectivity index (χ0n) is 11.2. The third kappa shape index (κ3) is 3.07. The van der Waals surface area contributed by atoms with Crippen molar-refractivity contribution >= 4 is 10.8 Å². The fourth-order valence-electron chi connectivity index (χ4n) is 2.63. The number of benzene rings is 2. The molecule has 1 heterocycles. The minimum absolute atomic E-state index is 0.772. The van der Waals surface area contributed by atoms with E-state index in [4.69, 9.17) is 4.74 Å². The van der Waals surface area contributed by atoms with Crippen LogP contribution in [0.3, 0.4) is 0 Å². The maximum absolute atomic E-state index is 5.97. The van der Waals surface area contributed by atoms with Gasteiger partial charge in [0.25, 0.3) is 0 Å². The summed E-state index contributed by atoms with van der Waals surface area (Å²) in [5.74, 6) is 1.00. The molecule has 0 N–H and O–H groups in total. The van der Waals surface area contributed by atoms with E-state index >= 15 is 0 Å². The topological polar surface area (TPSA) is 12.5 Å². The van der Waals surface area contributed by atoms with Crippen molar-refractivity contribution in [2.75, 3.05) is 26.2 Å². The highest BCUT2D eigenvalue weighted by Gasteiger charge is 2.10. The quantitative estimate of drug-likeness (QED) is 0.827. The maximum Gasteiger partial charge on any atom is 0.127 e. The van der Waals surface area contributed by atoms with Crippen LogP contribution >= 0.6 is 0 Å². The van der Waals surface area contributed by atoms with E-state index in [9.17, 15) is 0 Å². The summed E-state index contributed by atoms with van der Waals surface area (Å²) in [6.45, 7) is 4.16. The molecule has 3 rings (SSSR count). The van der Waals surface area contributed by atoms with Crippen LogP contribution in [0.2, 0.25) is 0 Å². The largest absolute Gasteiger partial charge is 0.492 e. The van der Waals surface area contributed by atoms with Crippen LogP contribution in [0.1, 0.15) is 12.8 Å². The molecule has 0 aromatic heterocycles. The smallest absolute Gasteiger partial charge is 0.127 e. The minimum Gasteiger partial charge on any atom is -0.492 e. The van der Waals surface area contributed by atoms with Crippen molar-refractivity contribution in [1.29, 1.82) is 0 Å². The first-order chi connectivity index (χ1) is 9.43. The van der Waals surface area contributed by atoms with E-state index < -0.39 is 0 Å². The van der Waals surface area contributed by atoms with Gasteiger partial charge in [-0.25, -0.2) is 0 Å². The molecule has 2 nitrogen and oxygen atoms in total. The molecule has 99 valence electrons. The van der Waals surface area contributed by atoms with Crippen LogP contribution in [0.4, 0.5) is 0 Å². The predicted molar refractivity (Wildman–Crippen MR) is 79.4 cm³/mol. The van der Waals surface area contributed by atoms with Gasteiger partial charge in [-0.3, -0.25) is 4.90 Å². The van der Waals surface area contributed by atoms with E-state index in [1.807, 2.05) is 0 Å². The SMILES string of the molecule is [CH]1CCN(CCOc2cccc3ccccc23)CC1. The van der Waals surface area contributed by atoms with Gasteiger partial charge >= 0.3 is 0 Å². The highest BCUT2D eigenvalue weighted by molar-refractivity contribution is 5.88. The second-order valence-electron chi connectivity index (χ2n) is 5.03. The van der Waals surface area contributed by atoms with Gasteiger partial charge in [0.1, 0.15) is 12.4 Å². The first-order valence-corrected chi connectivity index (χ1v) is 7.08. The lowest BCUT2D eigenvalue weighted by atomic mass is 10.1. The molecular weight excluding hydrogens is 234 g/mol. The van der Waals surface area contributed by atoms with Gasteiger partial charge in [0.05, 0.1) is 0 Å². The summed E-state index contributed by atoms with van der Waals surface area (Å²) in [7, 11) is 0. The Bertz CT molecular complexity index is 526. The van der Waals surface area contributed by atoms with Crippen LogP contribution < -0.4 is 4.74 Å². The van der Waals surface area contributed by atoms with Crippen molar-refractivity contribution < 1.29 is 4.74 Å². The van der Waals surface area contributed by atoms with Crippen LogP contribution in [0, 0.1) is 6.42 Å². The predicted octanol–water partition coefficient (Wildman–Crippen LogP) is 3.52. The standard InChI is InChI=1S/C17H20NO/c1-4-11-18(12-5-1)13-14-19-17-10-6-8-15-7-2-3-9-16(15)17/h1-3,6-10H,4-5,11-14H2. The number of hydrogen-bond acceptors (Lipinski definition) is 2. The molecule has 0 spiro atoms. The zero-order chi connectivity index (χ0) is 12.9. The van der Waals surface area contributed by atoms with E-state index in [1.54, 1.807) is 0 Å². The van der Waals surface area contributed by atoms with Gasteiger partial charge in [0, 0.05) is 11.9 Å². The molecule has 0 aliphatic carbocycles. The van der Waals surface area contributed by atoms with Crippen molar-refractivity contribution in [2.24, 2.45) is 0 Å². The molecule has 2 aromatic carbocycles. The Kier molecular flexibility index (Phi) is 3.99. The fraction of sp³-hybridized carbons (Fsp3) is 0.353. The molecule has 0 atom stereocenters. The molecule has 0 saturated carbocycles. The van der Waals surface area contributed by atoms with Gasteiger partial charge in [0.15, 0.2) is 0 Å². The Morgan fingerprint density at radius 3 is 2.63 bits per heavy atom. The maximum atomic E-state index is 5.97. The number of nitrogens with zero attached hydrogens (tertiary/aromatic N) is 1. The van der Waals surface area contributed by atoms with Crippen molar-refractivity contribution in [1.82, 2.24) is 4.90 Å². The summed E-state index contributed by atoms with van der Waals surface area (Å²) in [5.41, 5.74) is 0. The molecule has 1 fully saturated rings. The summed E-state index contributed by atoms with van der Waals surface area (Å²) in [5, 5.41) is 2.45. The molecule has 1 aliphatic heterocycles. The monoisotopic (exact) mass is 254 g/mol. The van der Waals surface area contributed by atoms with Gasteiger partial charge in [0.2, 0.25) is 0 Å². The average molecular weight is 254 g/mol. The zero-order valence-corrected chi connectivity index (χ0v) is 11.2. The fourth-order valence-corrected chi connectivity index (χ4v) is 2.63. The molecule has 0 amide bonds. The van der Waals surface area contributed by atoms with Gasteiger partial charge < -0.3 is 4.74 Å². The van der Waals surface area contributed by atoms with Crippen LogP contribution in [-0.2, 0) is 0 Å². The molecule has 19 heavy (non-hydrogen) atoms. The molecule has 1 radical (unpaired) electrons. The molecule has 2 heteroatoms. The highest BCUT2D eigenvalue weighted by atomic mass is 16.5. The second-order valence-corrected chi connectivity index (χ2v) is 5.03. The number of piperidine rings is 1. The van der Waals surface area contributed by atoms with E-state index in [-0.39, 0.29) is 0 Å². The lowest BCUT2D eigenvalue weighted by Crippen LogP contribution is -2.33. The Morgan fingerprint density at radius 1 is 0.947 bits per heavy atom. The van der Waals surface area contributed by atoms with E-state index in [0.717, 1.165) is 18.9 Å². The van der Waals surface area contributed by atoms with Crippen molar-refractivity contribution in [2.45, 2.75) is 12.8 Å². The summed E-state index contributed by atoms with van der Waals surface area (Å²) >= 11 is 0. The van der Waals surface area contributed by atoms with Gasteiger partial charge in [-0.2, -0.15) is 0 Å². The number of rotatable bonds is 4. The first-order valence-electron chi connectivity index (χ1n) is 7.08. The summed E-state index contributed by atoms with van der Waals surface area (Å²) in [6, 6.07) is 14.6. The second kappa shape index (κ2) is 6.07. The average Bonchev–Trinajstić information content (AvgIpc) is 2.49. The lowest BCUT2D eigenvalue weighted by Gasteiger charge is -2.26. The van der Waals surface area contributed by atoms with Crippen LogP contribution in [0.25, 0.3) is 10.8 Å². The van der Waals surface area contributed by atoms with Crippen molar-refractivity contribution in [3.8, 4) is 5.75 Å². The van der Waals surface area contributed by atoms with Crippen molar-refractivity contribution in [3.63, 3.8) is 0 Å². The highest BCUT2D eigenvalue weighted by Crippen LogP contribution is 2.25. The minimum atomic E-state index is 0.772. The molecule has 1 aliphatic rings. The molecule has 1 saturated heterocycles. The molecule has 0 unspecified atom stereocenters. The summed E-state index contributed by atoms with van der Waals surface area (Å²) < 4.78 is 5.97. The lowest BCUT2D eigenvalue weighted by molar-refractivity contribution is 0.199. The Balaban J connectivity index is 1.62. The van der Waals surface area contributed by atoms with Gasteiger partial charge in [-0.05, 0) is 43.8 Å². The van der Waals surface area contributed by atoms with Crippen LogP contribution in [-0.4, -0.2) is 31.1 Å². The van der Waals surface area contributed by atoms with E-state index in [2.05, 4.69) is 53.8 Å². The van der Waals surface area contributed by atoms with E-state index in [0.29, 0.717) is 0 Å². The number of likely N-dealkylation sites (tertiary alicyclic amines) is 1. The van der Waals surface area contributed by atoms with E-state index in [1.165, 1.54) is 36.7 Å². The van der Waals surface area contributed by atoms with Crippen LogP contribution in [0.5, 0.6) is 5.75 Å². The van der Waals surface area contributed by atoms with Crippen molar-refractivity contribution in [3.05, 3.63) is 48.9 Å². The molecular formula is C17H20NO. The summed E-state index contributed by atoms with van der Waals surface area (Å²) in [6.07, 6.45) is 4.81. The first kappa shape index (κ1) is 12.5. The van der Waals surface area contributed by atoms with Crippen LogP contribution in [0.15, 0.2) is 42.5 Å². The molecule has 2 aromatic rings. The Morgan fingerprint density at radius 2 is 1.74 bits per heavy atom. The molecule has 0 bridgehead atoms. The third-order valence-electron chi connectivity index (χ3n) is 3.71.